The van der Waals surface area contributed by atoms with Gasteiger partial charge in [0.15, 0.2) is 0 Å². The third-order valence-corrected chi connectivity index (χ3v) is 4.91. The molecule has 0 saturated carbocycles. The van der Waals surface area contributed by atoms with E-state index in [-0.39, 0.29) is 6.79 Å². The van der Waals surface area contributed by atoms with Crippen LogP contribution in [0.25, 0.3) is 0 Å². The second-order valence-electron chi connectivity index (χ2n) is 3.99. The average Bonchev–Trinajstić information content (AvgIpc) is 2.59. The Hall–Kier alpha value is -1.67. The third-order valence-electron chi connectivity index (χ3n) is 2.76. The van der Waals surface area contributed by atoms with Crippen LogP contribution in [0, 0.1) is 0 Å². The molecule has 0 aliphatic carbocycles. The summed E-state index contributed by atoms with van der Waals surface area (Å²) in [6.45, 7) is -0.381. The molecular weight excluding hydrogens is 345 g/mol. The predicted molar refractivity (Wildman–Crippen MR) is 86.8 cm³/mol. The Bertz CT molecular complexity index is 558. The number of nitrogens with one attached hydrogen (secondary N) is 1. The smallest absolute Gasteiger partial charge is 0.363 e. The van der Waals surface area contributed by atoms with Gasteiger partial charge in [-0.1, -0.05) is 12.2 Å². The number of esters is 1. The Kier molecular flexibility index (Phi) is 7.97. The quantitative estimate of drug-likeness (QED) is 0.290. The van der Waals surface area contributed by atoms with Crippen molar-refractivity contribution in [3.05, 3.63) is 24.3 Å². The number of carbonyl (C=O) groups excluding carboxylic acids is 1. The zero-order valence-corrected chi connectivity index (χ0v) is 14.6. The number of methoxy groups -OCH3 is 1. The van der Waals surface area contributed by atoms with Gasteiger partial charge in [-0.15, -0.1) is 0 Å². The molecule has 1 aromatic carbocycles. The largest absolute Gasteiger partial charge is 0.497 e. The topological polar surface area (TPSA) is 92.3 Å². The SMILES string of the molecule is COc1ccc(OCOC(=O)C(NC=S)P(=O)(OC)OC)cc1. The highest BCUT2D eigenvalue weighted by atomic mass is 32.1. The number of benzene rings is 1. The standard InChI is InChI=1S/C13H18NO7PS/c1-17-10-4-6-11(7-5-10)20-9-21-13(15)12(14-8-23)22(16,18-2)19-3/h4-8,12H,9H2,1-3H3,(H,14,23). The van der Waals surface area contributed by atoms with Crippen LogP contribution in [0.2, 0.25) is 0 Å². The molecule has 0 aliphatic rings. The summed E-state index contributed by atoms with van der Waals surface area (Å²) in [6, 6.07) is 6.68. The Balaban J connectivity index is 2.61. The molecule has 0 heterocycles. The Morgan fingerprint density at radius 2 is 1.78 bits per heavy atom. The van der Waals surface area contributed by atoms with Crippen LogP contribution >= 0.6 is 19.8 Å². The molecule has 23 heavy (non-hydrogen) atoms. The number of rotatable bonds is 10. The molecule has 1 N–H and O–H groups in total. The first-order valence-electron chi connectivity index (χ1n) is 6.35. The molecule has 128 valence electrons. The molecular formula is C13H18NO7PS. The number of ether oxygens (including phenoxy) is 3. The van der Waals surface area contributed by atoms with E-state index in [4.69, 9.17) is 23.3 Å². The van der Waals surface area contributed by atoms with E-state index >= 15 is 0 Å². The summed E-state index contributed by atoms with van der Waals surface area (Å²) in [4.78, 5) is 12.0. The summed E-state index contributed by atoms with van der Waals surface area (Å²) in [5.41, 5.74) is 1.03. The second-order valence-corrected chi connectivity index (χ2v) is 6.56. The Morgan fingerprint density at radius 1 is 1.22 bits per heavy atom. The van der Waals surface area contributed by atoms with Crippen LogP contribution in [0.15, 0.2) is 24.3 Å². The van der Waals surface area contributed by atoms with E-state index in [2.05, 4.69) is 17.5 Å². The predicted octanol–water partition coefficient (Wildman–Crippen LogP) is 1.93. The van der Waals surface area contributed by atoms with Gasteiger partial charge in [-0.3, -0.25) is 4.57 Å². The van der Waals surface area contributed by atoms with Gasteiger partial charge in [-0.2, -0.15) is 0 Å². The lowest BCUT2D eigenvalue weighted by molar-refractivity contribution is -0.150. The minimum absolute atomic E-state index is 0.381. The fourth-order valence-electron chi connectivity index (χ4n) is 1.54. The lowest BCUT2D eigenvalue weighted by Gasteiger charge is -2.22. The molecule has 0 aromatic heterocycles. The summed E-state index contributed by atoms with van der Waals surface area (Å²) in [7, 11) is 0.116. The van der Waals surface area contributed by atoms with Crippen LogP contribution in [-0.4, -0.2) is 45.4 Å². The highest BCUT2D eigenvalue weighted by Gasteiger charge is 2.41. The Morgan fingerprint density at radius 3 is 2.26 bits per heavy atom. The van der Waals surface area contributed by atoms with Crippen molar-refractivity contribution >= 4 is 31.3 Å². The van der Waals surface area contributed by atoms with Crippen molar-refractivity contribution in [3.8, 4) is 11.5 Å². The number of carbonyl (C=O) groups is 1. The molecule has 0 radical (unpaired) electrons. The van der Waals surface area contributed by atoms with Gasteiger partial charge >= 0.3 is 13.6 Å². The van der Waals surface area contributed by atoms with Gasteiger partial charge in [-0.25, -0.2) is 4.79 Å². The third kappa shape index (κ3) is 5.47. The van der Waals surface area contributed by atoms with Gasteiger partial charge in [0.1, 0.15) is 11.5 Å². The zero-order chi connectivity index (χ0) is 17.3. The highest BCUT2D eigenvalue weighted by molar-refractivity contribution is 7.78. The van der Waals surface area contributed by atoms with Gasteiger partial charge in [0.25, 0.3) is 0 Å². The first-order chi connectivity index (χ1) is 11.0. The normalized spacial score (nSPS) is 12.1. The van der Waals surface area contributed by atoms with Gasteiger partial charge < -0.3 is 28.6 Å². The van der Waals surface area contributed by atoms with Crippen LogP contribution in [0.1, 0.15) is 0 Å². The van der Waals surface area contributed by atoms with Gasteiger partial charge in [-0.05, 0) is 24.3 Å². The molecule has 0 bridgehead atoms. The minimum atomic E-state index is -3.74. The molecule has 0 amide bonds. The average molecular weight is 363 g/mol. The first-order valence-corrected chi connectivity index (χ1v) is 8.43. The number of hydrogen-bond acceptors (Lipinski definition) is 8. The molecule has 10 heteroatoms. The van der Waals surface area contributed by atoms with E-state index in [1.54, 1.807) is 31.4 Å². The lowest BCUT2D eigenvalue weighted by Crippen LogP contribution is -2.38. The summed E-state index contributed by atoms with van der Waals surface area (Å²) >= 11 is 4.61. The fourth-order valence-corrected chi connectivity index (χ4v) is 2.94. The Labute approximate surface area is 139 Å². The molecule has 1 atom stereocenters. The molecule has 1 rings (SSSR count). The van der Waals surface area contributed by atoms with E-state index in [1.165, 1.54) is 0 Å². The number of hydrogen-bond donors (Lipinski definition) is 1. The monoisotopic (exact) mass is 363 g/mol. The zero-order valence-electron chi connectivity index (χ0n) is 12.9. The lowest BCUT2D eigenvalue weighted by atomic mass is 10.3. The molecule has 0 fully saturated rings. The molecule has 0 aliphatic heterocycles. The molecule has 0 saturated heterocycles. The summed E-state index contributed by atoms with van der Waals surface area (Å²) < 4.78 is 37.0. The maximum absolute atomic E-state index is 12.3. The fraction of sp³-hybridized carbons (Fsp3) is 0.385. The molecule has 0 spiro atoms. The van der Waals surface area contributed by atoms with Crippen molar-refractivity contribution in [3.63, 3.8) is 0 Å². The molecule has 8 nitrogen and oxygen atoms in total. The van der Waals surface area contributed by atoms with Crippen molar-refractivity contribution in [2.24, 2.45) is 0 Å². The molecule has 1 unspecified atom stereocenters. The summed E-state index contributed by atoms with van der Waals surface area (Å²) in [6.07, 6.45) is 0. The van der Waals surface area contributed by atoms with Crippen LogP contribution in [0.3, 0.4) is 0 Å². The number of thiocarbonyl (C=S) groups is 1. The van der Waals surface area contributed by atoms with Crippen LogP contribution < -0.4 is 14.8 Å². The van der Waals surface area contributed by atoms with Gasteiger partial charge in [0.05, 0.1) is 12.6 Å². The molecule has 1 aromatic rings. The van der Waals surface area contributed by atoms with Crippen LogP contribution in [-0.2, 0) is 23.1 Å². The van der Waals surface area contributed by atoms with E-state index < -0.39 is 19.3 Å². The first kappa shape index (κ1) is 19.4. The van der Waals surface area contributed by atoms with Crippen molar-refractivity contribution in [2.45, 2.75) is 5.78 Å². The van der Waals surface area contributed by atoms with Crippen molar-refractivity contribution < 1.29 is 32.6 Å². The van der Waals surface area contributed by atoms with E-state index in [0.29, 0.717) is 11.5 Å². The maximum Gasteiger partial charge on any atom is 0.363 e. The van der Waals surface area contributed by atoms with Crippen LogP contribution in [0.4, 0.5) is 0 Å². The van der Waals surface area contributed by atoms with Crippen molar-refractivity contribution in [1.29, 1.82) is 0 Å². The van der Waals surface area contributed by atoms with Crippen LogP contribution in [0.5, 0.6) is 11.5 Å². The summed E-state index contributed by atoms with van der Waals surface area (Å²) in [5, 5.41) is 2.42. The van der Waals surface area contributed by atoms with E-state index in [9.17, 15) is 9.36 Å². The van der Waals surface area contributed by atoms with E-state index in [0.717, 1.165) is 19.7 Å². The van der Waals surface area contributed by atoms with Gasteiger partial charge in [0, 0.05) is 14.2 Å². The summed E-state index contributed by atoms with van der Waals surface area (Å²) in [5.74, 6) is -1.12. The van der Waals surface area contributed by atoms with Crippen molar-refractivity contribution in [1.82, 2.24) is 5.32 Å². The van der Waals surface area contributed by atoms with Gasteiger partial charge in [0.2, 0.25) is 12.6 Å². The van der Waals surface area contributed by atoms with Crippen molar-refractivity contribution in [2.75, 3.05) is 28.1 Å². The minimum Gasteiger partial charge on any atom is -0.497 e. The second kappa shape index (κ2) is 9.46. The highest BCUT2D eigenvalue weighted by Crippen LogP contribution is 2.50. The maximum atomic E-state index is 12.3. The van der Waals surface area contributed by atoms with E-state index in [1.807, 2.05) is 0 Å².